The Morgan fingerprint density at radius 3 is 2.11 bits per heavy atom. The van der Waals surface area contributed by atoms with E-state index in [1.807, 2.05) is 0 Å². The summed E-state index contributed by atoms with van der Waals surface area (Å²) in [6, 6.07) is -0.0229. The molecular weight excluding hydrogens is 263 g/mol. The van der Waals surface area contributed by atoms with Crippen LogP contribution in [-0.4, -0.2) is 55.1 Å². The van der Waals surface area contributed by atoms with Crippen LogP contribution >= 0.6 is 0 Å². The van der Waals surface area contributed by atoms with Crippen molar-refractivity contribution in [1.29, 1.82) is 0 Å². The molecule has 0 spiro atoms. The molecule has 2 N–H and O–H groups in total. The van der Waals surface area contributed by atoms with Crippen molar-refractivity contribution in [3.8, 4) is 0 Å². The first-order valence-electron chi connectivity index (χ1n) is 5.99. The Morgan fingerprint density at radius 1 is 1.16 bits per heavy atom. The number of nitrogens with zero attached hydrogens (tertiary/aromatic N) is 1. The van der Waals surface area contributed by atoms with Gasteiger partial charge in [0, 0.05) is 6.04 Å². The fraction of sp³-hybridized carbons (Fsp3) is 0.818. The van der Waals surface area contributed by atoms with Crippen LogP contribution in [0.25, 0.3) is 0 Å². The van der Waals surface area contributed by atoms with Crippen molar-refractivity contribution in [2.24, 2.45) is 0 Å². The van der Waals surface area contributed by atoms with E-state index in [1.165, 1.54) is 4.90 Å². The third-order valence-corrected chi connectivity index (χ3v) is 2.12. The summed E-state index contributed by atoms with van der Waals surface area (Å²) in [5.74, 6) is -1.02. The maximum Gasteiger partial charge on any atom is 0.405 e. The molecular formula is C11H20F3N3O2. The van der Waals surface area contributed by atoms with E-state index >= 15 is 0 Å². The SMILES string of the molecule is CCN(CC(=O)NCC(F)(F)F)CC(=O)NC(C)C. The van der Waals surface area contributed by atoms with Crippen LogP contribution in [0, 0.1) is 0 Å². The first-order valence-corrected chi connectivity index (χ1v) is 5.99. The van der Waals surface area contributed by atoms with Gasteiger partial charge in [-0.05, 0) is 20.4 Å². The molecule has 0 aromatic carbocycles. The molecule has 0 saturated carbocycles. The molecule has 0 heterocycles. The maximum atomic E-state index is 11.9. The monoisotopic (exact) mass is 283 g/mol. The van der Waals surface area contributed by atoms with Crippen LogP contribution in [0.4, 0.5) is 13.2 Å². The summed E-state index contributed by atoms with van der Waals surface area (Å²) in [6.45, 7) is 4.09. The zero-order valence-electron chi connectivity index (χ0n) is 11.3. The zero-order chi connectivity index (χ0) is 15.1. The number of carbonyl (C=O) groups excluding carboxylic acids is 2. The van der Waals surface area contributed by atoms with Crippen molar-refractivity contribution >= 4 is 11.8 Å². The van der Waals surface area contributed by atoms with Crippen LogP contribution in [0.2, 0.25) is 0 Å². The lowest BCUT2D eigenvalue weighted by Crippen LogP contribution is -2.45. The van der Waals surface area contributed by atoms with Gasteiger partial charge >= 0.3 is 6.18 Å². The van der Waals surface area contributed by atoms with Crippen LogP contribution in [0.15, 0.2) is 0 Å². The Bertz CT molecular complexity index is 306. The smallest absolute Gasteiger partial charge is 0.353 e. The molecule has 0 atom stereocenters. The molecule has 0 bridgehead atoms. The Labute approximate surface area is 110 Å². The molecule has 0 rings (SSSR count). The van der Waals surface area contributed by atoms with Gasteiger partial charge in [-0.2, -0.15) is 13.2 Å². The van der Waals surface area contributed by atoms with Gasteiger partial charge < -0.3 is 10.6 Å². The van der Waals surface area contributed by atoms with Gasteiger partial charge in [-0.15, -0.1) is 0 Å². The molecule has 5 nitrogen and oxygen atoms in total. The molecule has 0 unspecified atom stereocenters. The molecule has 0 aliphatic rings. The summed E-state index contributed by atoms with van der Waals surface area (Å²) in [4.78, 5) is 24.2. The molecule has 0 aliphatic heterocycles. The highest BCUT2D eigenvalue weighted by Gasteiger charge is 2.28. The minimum absolute atomic E-state index is 0.0197. The third-order valence-electron chi connectivity index (χ3n) is 2.12. The number of hydrogen-bond donors (Lipinski definition) is 2. The predicted molar refractivity (Wildman–Crippen MR) is 64.5 cm³/mol. The zero-order valence-corrected chi connectivity index (χ0v) is 11.3. The fourth-order valence-electron chi connectivity index (χ4n) is 1.31. The quantitative estimate of drug-likeness (QED) is 0.716. The molecule has 2 amide bonds. The second kappa shape index (κ2) is 7.98. The van der Waals surface area contributed by atoms with Gasteiger partial charge in [0.2, 0.25) is 11.8 Å². The standard InChI is InChI=1S/C11H20F3N3O2/c1-4-17(6-10(19)16-8(2)3)5-9(18)15-7-11(12,13)14/h8H,4-7H2,1-3H3,(H,15,18)(H,16,19). The molecule has 0 radical (unpaired) electrons. The minimum Gasteiger partial charge on any atom is -0.353 e. The van der Waals surface area contributed by atoms with Gasteiger partial charge in [0.05, 0.1) is 13.1 Å². The Hall–Kier alpha value is -1.31. The fourth-order valence-corrected chi connectivity index (χ4v) is 1.31. The summed E-state index contributed by atoms with van der Waals surface area (Å²) < 4.78 is 35.7. The molecule has 0 aromatic rings. The van der Waals surface area contributed by atoms with Crippen molar-refractivity contribution in [2.45, 2.75) is 33.0 Å². The average Bonchev–Trinajstić information content (AvgIpc) is 2.23. The number of halogens is 3. The van der Waals surface area contributed by atoms with E-state index in [0.717, 1.165) is 0 Å². The molecule has 112 valence electrons. The highest BCUT2D eigenvalue weighted by Crippen LogP contribution is 2.11. The highest BCUT2D eigenvalue weighted by molar-refractivity contribution is 5.81. The number of nitrogens with one attached hydrogen (secondary N) is 2. The van der Waals surface area contributed by atoms with Gasteiger partial charge in [0.25, 0.3) is 0 Å². The van der Waals surface area contributed by atoms with E-state index in [0.29, 0.717) is 6.54 Å². The lowest BCUT2D eigenvalue weighted by Gasteiger charge is -2.20. The highest BCUT2D eigenvalue weighted by atomic mass is 19.4. The number of hydrogen-bond acceptors (Lipinski definition) is 3. The van der Waals surface area contributed by atoms with Crippen LogP contribution in [0.5, 0.6) is 0 Å². The van der Waals surface area contributed by atoms with Gasteiger partial charge in [0.1, 0.15) is 6.54 Å². The largest absolute Gasteiger partial charge is 0.405 e. The lowest BCUT2D eigenvalue weighted by molar-refractivity contribution is -0.139. The Morgan fingerprint density at radius 2 is 1.68 bits per heavy atom. The number of likely N-dealkylation sites (N-methyl/N-ethyl adjacent to an activating group) is 1. The van der Waals surface area contributed by atoms with Gasteiger partial charge in [-0.1, -0.05) is 6.92 Å². The molecule has 0 aliphatic carbocycles. The second-order valence-corrected chi connectivity index (χ2v) is 4.42. The first-order chi connectivity index (χ1) is 8.64. The third kappa shape index (κ3) is 10.3. The summed E-state index contributed by atoms with van der Waals surface area (Å²) in [5, 5.41) is 4.41. The van der Waals surface area contributed by atoms with Crippen molar-refractivity contribution in [3.05, 3.63) is 0 Å². The van der Waals surface area contributed by atoms with Crippen LogP contribution in [0.1, 0.15) is 20.8 Å². The number of rotatable bonds is 7. The molecule has 0 fully saturated rings. The minimum atomic E-state index is -4.43. The van der Waals surface area contributed by atoms with Crippen molar-refractivity contribution < 1.29 is 22.8 Å². The van der Waals surface area contributed by atoms with Crippen LogP contribution in [0.3, 0.4) is 0 Å². The van der Waals surface area contributed by atoms with Gasteiger partial charge in [-0.25, -0.2) is 0 Å². The Balaban J connectivity index is 4.11. The van der Waals surface area contributed by atoms with Crippen molar-refractivity contribution in [2.75, 3.05) is 26.2 Å². The maximum absolute atomic E-state index is 11.9. The van der Waals surface area contributed by atoms with E-state index < -0.39 is 18.6 Å². The van der Waals surface area contributed by atoms with Gasteiger partial charge in [-0.3, -0.25) is 14.5 Å². The lowest BCUT2D eigenvalue weighted by atomic mass is 10.3. The summed E-state index contributed by atoms with van der Waals surface area (Å²) in [6.07, 6.45) is -4.43. The number of carbonyl (C=O) groups is 2. The van der Waals surface area contributed by atoms with E-state index in [-0.39, 0.29) is 25.0 Å². The number of amides is 2. The molecule has 19 heavy (non-hydrogen) atoms. The predicted octanol–water partition coefficient (Wildman–Crippen LogP) is 0.511. The van der Waals surface area contributed by atoms with Crippen molar-refractivity contribution in [3.63, 3.8) is 0 Å². The normalized spacial score (nSPS) is 11.8. The molecule has 8 heteroatoms. The summed E-state index contributed by atoms with van der Waals surface area (Å²) in [7, 11) is 0. The molecule has 0 aromatic heterocycles. The first kappa shape index (κ1) is 17.7. The Kier molecular flexibility index (Phi) is 7.43. The van der Waals surface area contributed by atoms with Gasteiger partial charge in [0.15, 0.2) is 0 Å². The van der Waals surface area contributed by atoms with E-state index in [1.54, 1.807) is 26.1 Å². The van der Waals surface area contributed by atoms with E-state index in [9.17, 15) is 22.8 Å². The molecule has 0 saturated heterocycles. The summed E-state index contributed by atoms with van der Waals surface area (Å²) >= 11 is 0. The van der Waals surface area contributed by atoms with E-state index in [2.05, 4.69) is 5.32 Å². The van der Waals surface area contributed by atoms with Crippen LogP contribution in [-0.2, 0) is 9.59 Å². The summed E-state index contributed by atoms with van der Waals surface area (Å²) in [5.41, 5.74) is 0. The number of alkyl halides is 3. The average molecular weight is 283 g/mol. The second-order valence-electron chi connectivity index (χ2n) is 4.42. The van der Waals surface area contributed by atoms with Crippen molar-refractivity contribution in [1.82, 2.24) is 15.5 Å². The van der Waals surface area contributed by atoms with E-state index in [4.69, 9.17) is 0 Å². The van der Waals surface area contributed by atoms with Crippen LogP contribution < -0.4 is 10.6 Å². The topological polar surface area (TPSA) is 61.4 Å².